The number of halogens is 3. The third kappa shape index (κ3) is 2.24. The number of alkyl halides is 3. The van der Waals surface area contributed by atoms with Gasteiger partial charge in [0.15, 0.2) is 0 Å². The molecule has 1 heterocycles. The van der Waals surface area contributed by atoms with Crippen LogP contribution in [-0.4, -0.2) is 35.4 Å². The lowest BCUT2D eigenvalue weighted by Crippen LogP contribution is -2.56. The van der Waals surface area contributed by atoms with Gasteiger partial charge in [0.1, 0.15) is 5.78 Å². The first-order valence-corrected chi connectivity index (χ1v) is 9.50. The summed E-state index contributed by atoms with van der Waals surface area (Å²) < 4.78 is 38.9. The van der Waals surface area contributed by atoms with E-state index in [2.05, 4.69) is 13.8 Å². The Bertz CT molecular complexity index is 618. The fourth-order valence-corrected chi connectivity index (χ4v) is 6.99. The van der Waals surface area contributed by atoms with Crippen LogP contribution >= 0.6 is 0 Å². The van der Waals surface area contributed by atoms with Crippen molar-refractivity contribution >= 4 is 11.7 Å². The van der Waals surface area contributed by atoms with Crippen LogP contribution in [0.5, 0.6) is 0 Å². The number of nitrogens with zero attached hydrogens (tertiary/aromatic N) is 1. The summed E-state index contributed by atoms with van der Waals surface area (Å²) in [5, 5.41) is 0. The lowest BCUT2D eigenvalue weighted by molar-refractivity contribution is -0.189. The minimum absolute atomic E-state index is 0.212. The van der Waals surface area contributed by atoms with Crippen molar-refractivity contribution in [1.82, 2.24) is 4.90 Å². The summed E-state index contributed by atoms with van der Waals surface area (Å²) in [7, 11) is 0. The summed E-state index contributed by atoms with van der Waals surface area (Å²) in [6.45, 7) is 4.41. The molecule has 6 heteroatoms. The van der Waals surface area contributed by atoms with Crippen LogP contribution in [0.2, 0.25) is 0 Å². The van der Waals surface area contributed by atoms with E-state index in [-0.39, 0.29) is 23.4 Å². The molecule has 1 aliphatic heterocycles. The molecule has 4 aliphatic rings. The Morgan fingerprint density at radius 2 is 1.80 bits per heavy atom. The molecule has 4 rings (SSSR count). The molecule has 0 radical (unpaired) electrons. The van der Waals surface area contributed by atoms with E-state index in [1.165, 1.54) is 0 Å². The zero-order valence-corrected chi connectivity index (χ0v) is 14.9. The first kappa shape index (κ1) is 17.3. The molecule has 1 saturated heterocycles. The van der Waals surface area contributed by atoms with Crippen molar-refractivity contribution in [3.05, 3.63) is 0 Å². The van der Waals surface area contributed by atoms with Crippen LogP contribution in [0.3, 0.4) is 0 Å². The third-order valence-corrected chi connectivity index (χ3v) is 8.30. The molecule has 3 aliphatic carbocycles. The normalized spacial score (nSPS) is 46.6. The van der Waals surface area contributed by atoms with Crippen molar-refractivity contribution in [3.8, 4) is 0 Å². The summed E-state index contributed by atoms with van der Waals surface area (Å²) in [5.74, 6) is -0.155. The highest BCUT2D eigenvalue weighted by molar-refractivity contribution is 5.87. The minimum Gasteiger partial charge on any atom is -0.331 e. The molecule has 1 unspecified atom stereocenters. The number of hydrogen-bond donors (Lipinski definition) is 0. The molecule has 0 aromatic rings. The summed E-state index contributed by atoms with van der Waals surface area (Å²) in [6.07, 6.45) is 0.701. The van der Waals surface area contributed by atoms with Crippen LogP contribution in [0, 0.1) is 28.6 Å². The average Bonchev–Trinajstić information content (AvgIpc) is 3.03. The van der Waals surface area contributed by atoms with Gasteiger partial charge in [-0.05, 0) is 61.7 Å². The monoisotopic (exact) mass is 357 g/mol. The highest BCUT2D eigenvalue weighted by Crippen LogP contribution is 2.64. The van der Waals surface area contributed by atoms with Crippen molar-refractivity contribution in [2.24, 2.45) is 28.6 Å². The minimum atomic E-state index is -4.79. The second kappa shape index (κ2) is 5.23. The summed E-state index contributed by atoms with van der Waals surface area (Å²) >= 11 is 0. The number of Topliss-reactive ketones (excluding diaryl/α,β-unsaturated/α-hetero) is 1. The van der Waals surface area contributed by atoms with E-state index in [1.807, 2.05) is 0 Å². The molecule has 3 nitrogen and oxygen atoms in total. The van der Waals surface area contributed by atoms with E-state index >= 15 is 0 Å². The third-order valence-electron chi connectivity index (χ3n) is 8.30. The Morgan fingerprint density at radius 1 is 1.08 bits per heavy atom. The molecule has 140 valence electrons. The van der Waals surface area contributed by atoms with E-state index in [1.54, 1.807) is 0 Å². The highest BCUT2D eigenvalue weighted by atomic mass is 19.4. The fourth-order valence-electron chi connectivity index (χ4n) is 6.99. The average molecular weight is 357 g/mol. The number of rotatable bonds is 0. The second-order valence-corrected chi connectivity index (χ2v) is 9.14. The predicted molar refractivity (Wildman–Crippen MR) is 85.6 cm³/mol. The number of ketones is 1. The maximum absolute atomic E-state index is 13.0. The number of fused-ring (bicyclic) bond motifs is 5. The molecular formula is C19H26F3NO2. The van der Waals surface area contributed by atoms with Crippen molar-refractivity contribution in [2.45, 2.75) is 71.0 Å². The van der Waals surface area contributed by atoms with Gasteiger partial charge in [-0.3, -0.25) is 9.59 Å². The quantitative estimate of drug-likeness (QED) is 0.658. The molecule has 0 aromatic heterocycles. The Kier molecular flexibility index (Phi) is 3.63. The van der Waals surface area contributed by atoms with Gasteiger partial charge in [0.25, 0.3) is 0 Å². The van der Waals surface area contributed by atoms with Gasteiger partial charge in [-0.25, -0.2) is 0 Å². The zero-order chi connectivity index (χ0) is 18.2. The number of amides is 1. The SMILES string of the molecule is C[C@]12CCN(C(=O)C(F)(F)F)C1CC[C@@H]1[C@@H]2CC[C@]2(C)C(=O)CC[C@@H]12. The molecule has 0 aromatic carbocycles. The Hall–Kier alpha value is -1.07. The summed E-state index contributed by atoms with van der Waals surface area (Å²) in [6, 6.07) is -0.302. The van der Waals surface area contributed by atoms with Crippen LogP contribution in [0.4, 0.5) is 13.2 Å². The maximum Gasteiger partial charge on any atom is 0.471 e. The molecular weight excluding hydrogens is 331 g/mol. The summed E-state index contributed by atoms with van der Waals surface area (Å²) in [5.41, 5.74) is -0.457. The Balaban J connectivity index is 1.61. The lowest BCUT2D eigenvalue weighted by atomic mass is 9.49. The first-order chi connectivity index (χ1) is 11.6. The largest absolute Gasteiger partial charge is 0.471 e. The zero-order valence-electron chi connectivity index (χ0n) is 14.9. The number of carbonyl (C=O) groups is 2. The van der Waals surface area contributed by atoms with Crippen molar-refractivity contribution < 1.29 is 22.8 Å². The van der Waals surface area contributed by atoms with E-state index in [4.69, 9.17) is 0 Å². The standard InChI is InChI=1S/C19H26F3NO2/c1-17-9-10-23(16(25)19(20,21)22)14(17)5-3-11-12-4-6-15(24)18(12,2)8-7-13(11)17/h11-14H,3-10H2,1-2H3/t11-,12-,13-,14?,17+,18-/m0/s1. The molecule has 25 heavy (non-hydrogen) atoms. The topological polar surface area (TPSA) is 37.4 Å². The predicted octanol–water partition coefficient (Wildman–Crippen LogP) is 3.96. The van der Waals surface area contributed by atoms with Crippen molar-refractivity contribution in [1.29, 1.82) is 0 Å². The molecule has 0 spiro atoms. The molecule has 4 fully saturated rings. The van der Waals surface area contributed by atoms with E-state index in [9.17, 15) is 22.8 Å². The molecule has 0 N–H and O–H groups in total. The summed E-state index contributed by atoms with van der Waals surface area (Å²) in [4.78, 5) is 25.3. The van der Waals surface area contributed by atoms with Crippen molar-refractivity contribution in [2.75, 3.05) is 6.54 Å². The van der Waals surface area contributed by atoms with E-state index in [0.717, 1.165) is 30.6 Å². The number of likely N-dealkylation sites (tertiary alicyclic amines) is 1. The maximum atomic E-state index is 13.0. The Morgan fingerprint density at radius 3 is 2.48 bits per heavy atom. The van der Waals surface area contributed by atoms with Gasteiger partial charge >= 0.3 is 12.1 Å². The lowest BCUT2D eigenvalue weighted by Gasteiger charge is -2.56. The second-order valence-electron chi connectivity index (χ2n) is 9.14. The smallest absolute Gasteiger partial charge is 0.331 e. The fraction of sp³-hybridized carbons (Fsp3) is 0.895. The van der Waals surface area contributed by atoms with Gasteiger partial charge in [-0.1, -0.05) is 13.8 Å². The first-order valence-electron chi connectivity index (χ1n) is 9.50. The molecule has 6 atom stereocenters. The van der Waals surface area contributed by atoms with Crippen LogP contribution in [-0.2, 0) is 9.59 Å². The van der Waals surface area contributed by atoms with Crippen molar-refractivity contribution in [3.63, 3.8) is 0 Å². The van der Waals surface area contributed by atoms with Gasteiger partial charge < -0.3 is 4.90 Å². The van der Waals surface area contributed by atoms with E-state index < -0.39 is 12.1 Å². The molecule has 0 bridgehead atoms. The van der Waals surface area contributed by atoms with Gasteiger partial charge in [0, 0.05) is 24.4 Å². The van der Waals surface area contributed by atoms with Gasteiger partial charge in [0.2, 0.25) is 0 Å². The van der Waals surface area contributed by atoms with Crippen LogP contribution in [0.15, 0.2) is 0 Å². The molecule has 3 saturated carbocycles. The van der Waals surface area contributed by atoms with Gasteiger partial charge in [0.05, 0.1) is 0 Å². The van der Waals surface area contributed by atoms with Gasteiger partial charge in [-0.2, -0.15) is 13.2 Å². The molecule has 1 amide bonds. The van der Waals surface area contributed by atoms with Crippen LogP contribution in [0.25, 0.3) is 0 Å². The van der Waals surface area contributed by atoms with Gasteiger partial charge in [-0.15, -0.1) is 0 Å². The number of hydrogen-bond acceptors (Lipinski definition) is 2. The van der Waals surface area contributed by atoms with Crippen LogP contribution in [0.1, 0.15) is 58.8 Å². The number of carbonyl (C=O) groups excluding carboxylic acids is 2. The van der Waals surface area contributed by atoms with E-state index in [0.29, 0.717) is 42.8 Å². The highest BCUT2D eigenvalue weighted by Gasteiger charge is 2.63. The Labute approximate surface area is 146 Å². The van der Waals surface area contributed by atoms with Crippen LogP contribution < -0.4 is 0 Å².